The molecule has 0 N–H and O–H groups in total. The standard InChI is InChI=1S/C13H18O2S/c1-3-11-6-7-12(13(10-11)14-2)15-8-4-5-9-16/h4-7,10,16H,3,8-9H2,1-2H3/b5-4+. The molecule has 0 aliphatic carbocycles. The summed E-state index contributed by atoms with van der Waals surface area (Å²) < 4.78 is 10.9. The average Bonchev–Trinajstić information content (AvgIpc) is 2.34. The zero-order valence-corrected chi connectivity index (χ0v) is 10.7. The Labute approximate surface area is 103 Å². The number of benzene rings is 1. The molecule has 16 heavy (non-hydrogen) atoms. The zero-order chi connectivity index (χ0) is 11.8. The van der Waals surface area contributed by atoms with Gasteiger partial charge in [-0.25, -0.2) is 0 Å². The number of hydrogen-bond acceptors (Lipinski definition) is 3. The van der Waals surface area contributed by atoms with Crippen molar-refractivity contribution in [3.63, 3.8) is 0 Å². The molecule has 2 nitrogen and oxygen atoms in total. The van der Waals surface area contributed by atoms with E-state index in [-0.39, 0.29) is 0 Å². The quantitative estimate of drug-likeness (QED) is 0.606. The number of ether oxygens (including phenoxy) is 2. The van der Waals surface area contributed by atoms with E-state index in [0.717, 1.165) is 23.7 Å². The first-order valence-electron chi connectivity index (χ1n) is 5.37. The van der Waals surface area contributed by atoms with Gasteiger partial charge in [0.25, 0.3) is 0 Å². The highest BCUT2D eigenvalue weighted by atomic mass is 32.1. The highest BCUT2D eigenvalue weighted by Gasteiger charge is 2.03. The van der Waals surface area contributed by atoms with Gasteiger partial charge >= 0.3 is 0 Å². The SMILES string of the molecule is CCc1ccc(OC/C=C/CS)c(OC)c1. The number of thiol groups is 1. The number of methoxy groups -OCH3 is 1. The van der Waals surface area contributed by atoms with Crippen molar-refractivity contribution in [3.05, 3.63) is 35.9 Å². The molecule has 0 saturated carbocycles. The van der Waals surface area contributed by atoms with Gasteiger partial charge in [-0.15, -0.1) is 0 Å². The summed E-state index contributed by atoms with van der Waals surface area (Å²) in [6.07, 6.45) is 4.90. The van der Waals surface area contributed by atoms with Crippen molar-refractivity contribution in [2.75, 3.05) is 19.5 Å². The van der Waals surface area contributed by atoms with Crippen LogP contribution >= 0.6 is 12.6 Å². The highest BCUT2D eigenvalue weighted by Crippen LogP contribution is 2.28. The van der Waals surface area contributed by atoms with Crippen LogP contribution in [0.15, 0.2) is 30.4 Å². The van der Waals surface area contributed by atoms with E-state index in [4.69, 9.17) is 9.47 Å². The van der Waals surface area contributed by atoms with E-state index < -0.39 is 0 Å². The Morgan fingerprint density at radius 1 is 1.25 bits per heavy atom. The Morgan fingerprint density at radius 3 is 2.69 bits per heavy atom. The second-order valence-electron chi connectivity index (χ2n) is 3.30. The van der Waals surface area contributed by atoms with Gasteiger partial charge in [-0.05, 0) is 24.1 Å². The van der Waals surface area contributed by atoms with Gasteiger partial charge < -0.3 is 9.47 Å². The van der Waals surface area contributed by atoms with Gasteiger partial charge in [0, 0.05) is 5.75 Å². The van der Waals surface area contributed by atoms with Crippen LogP contribution in [0.1, 0.15) is 12.5 Å². The molecule has 1 aromatic rings. The lowest BCUT2D eigenvalue weighted by Gasteiger charge is -2.10. The van der Waals surface area contributed by atoms with E-state index >= 15 is 0 Å². The molecule has 3 heteroatoms. The van der Waals surface area contributed by atoms with Crippen LogP contribution < -0.4 is 9.47 Å². The van der Waals surface area contributed by atoms with E-state index in [9.17, 15) is 0 Å². The van der Waals surface area contributed by atoms with Crippen molar-refractivity contribution < 1.29 is 9.47 Å². The molecule has 0 fully saturated rings. The summed E-state index contributed by atoms with van der Waals surface area (Å²) in [5.74, 6) is 2.30. The van der Waals surface area contributed by atoms with Crippen LogP contribution in [-0.4, -0.2) is 19.5 Å². The molecule has 0 amide bonds. The fourth-order valence-corrected chi connectivity index (χ4v) is 1.48. The molecule has 0 aliphatic heterocycles. The molecule has 0 atom stereocenters. The van der Waals surface area contributed by atoms with Crippen molar-refractivity contribution >= 4 is 12.6 Å². The molecule has 0 bridgehead atoms. The van der Waals surface area contributed by atoms with Crippen molar-refractivity contribution in [1.82, 2.24) is 0 Å². The van der Waals surface area contributed by atoms with E-state index in [0.29, 0.717) is 6.61 Å². The topological polar surface area (TPSA) is 18.5 Å². The monoisotopic (exact) mass is 238 g/mol. The largest absolute Gasteiger partial charge is 0.493 e. The van der Waals surface area contributed by atoms with Gasteiger partial charge in [0.2, 0.25) is 0 Å². The lowest BCUT2D eigenvalue weighted by Crippen LogP contribution is -1.97. The lowest BCUT2D eigenvalue weighted by molar-refractivity contribution is 0.326. The first-order valence-corrected chi connectivity index (χ1v) is 6.00. The minimum absolute atomic E-state index is 0.544. The second kappa shape index (κ2) is 7.23. The molecule has 88 valence electrons. The van der Waals surface area contributed by atoms with Crippen LogP contribution in [0.5, 0.6) is 11.5 Å². The fourth-order valence-electron chi connectivity index (χ4n) is 1.33. The molecular weight excluding hydrogens is 220 g/mol. The zero-order valence-electron chi connectivity index (χ0n) is 9.77. The van der Waals surface area contributed by atoms with Crippen LogP contribution in [-0.2, 0) is 6.42 Å². The Bertz CT molecular complexity index is 348. The maximum Gasteiger partial charge on any atom is 0.161 e. The van der Waals surface area contributed by atoms with Crippen molar-refractivity contribution in [2.24, 2.45) is 0 Å². The molecular formula is C13H18O2S. The molecule has 1 aromatic carbocycles. The van der Waals surface area contributed by atoms with Crippen molar-refractivity contribution in [3.8, 4) is 11.5 Å². The smallest absolute Gasteiger partial charge is 0.161 e. The normalized spacial score (nSPS) is 10.7. The lowest BCUT2D eigenvalue weighted by atomic mass is 10.1. The molecule has 0 unspecified atom stereocenters. The van der Waals surface area contributed by atoms with Crippen LogP contribution in [0.3, 0.4) is 0 Å². The van der Waals surface area contributed by atoms with E-state index in [2.05, 4.69) is 25.6 Å². The molecule has 1 rings (SSSR count). The van der Waals surface area contributed by atoms with Gasteiger partial charge in [0.15, 0.2) is 11.5 Å². The van der Waals surface area contributed by atoms with Crippen molar-refractivity contribution in [1.29, 1.82) is 0 Å². The van der Waals surface area contributed by atoms with Gasteiger partial charge in [0.1, 0.15) is 6.61 Å². The maximum absolute atomic E-state index is 5.58. The Balaban J connectivity index is 2.68. The van der Waals surface area contributed by atoms with Crippen molar-refractivity contribution in [2.45, 2.75) is 13.3 Å². The predicted molar refractivity (Wildman–Crippen MR) is 70.9 cm³/mol. The summed E-state index contributed by atoms with van der Waals surface area (Å²) in [6.45, 7) is 2.66. The third-order valence-electron chi connectivity index (χ3n) is 2.24. The third-order valence-corrected chi connectivity index (χ3v) is 2.45. The summed E-state index contributed by atoms with van der Waals surface area (Å²) in [4.78, 5) is 0. The van der Waals surface area contributed by atoms with E-state index in [1.54, 1.807) is 7.11 Å². The molecule has 0 radical (unpaired) electrons. The number of hydrogen-bond donors (Lipinski definition) is 1. The van der Waals surface area contributed by atoms with Gasteiger partial charge in [-0.3, -0.25) is 0 Å². The molecule has 0 aromatic heterocycles. The third kappa shape index (κ3) is 3.81. The highest BCUT2D eigenvalue weighted by molar-refractivity contribution is 7.80. The maximum atomic E-state index is 5.58. The molecule has 0 spiro atoms. The Morgan fingerprint density at radius 2 is 2.06 bits per heavy atom. The van der Waals surface area contributed by atoms with Gasteiger partial charge in [-0.1, -0.05) is 25.1 Å². The summed E-state index contributed by atoms with van der Waals surface area (Å²) >= 11 is 4.08. The predicted octanol–water partition coefficient (Wildman–Crippen LogP) is 3.12. The minimum atomic E-state index is 0.544. The summed E-state index contributed by atoms with van der Waals surface area (Å²) in [7, 11) is 1.66. The van der Waals surface area contributed by atoms with E-state index in [1.807, 2.05) is 24.3 Å². The molecule has 0 aliphatic rings. The Kier molecular flexibility index (Phi) is 5.86. The minimum Gasteiger partial charge on any atom is -0.493 e. The molecule has 0 heterocycles. The number of rotatable bonds is 6. The fraction of sp³-hybridized carbons (Fsp3) is 0.385. The van der Waals surface area contributed by atoms with Crippen LogP contribution in [0.4, 0.5) is 0 Å². The van der Waals surface area contributed by atoms with Gasteiger partial charge in [-0.2, -0.15) is 12.6 Å². The van der Waals surface area contributed by atoms with Gasteiger partial charge in [0.05, 0.1) is 7.11 Å². The first-order chi connectivity index (χ1) is 7.81. The van der Waals surface area contributed by atoms with Crippen LogP contribution in [0, 0.1) is 0 Å². The average molecular weight is 238 g/mol. The van der Waals surface area contributed by atoms with Crippen LogP contribution in [0.2, 0.25) is 0 Å². The summed E-state index contributed by atoms with van der Waals surface area (Å²) in [6, 6.07) is 6.02. The second-order valence-corrected chi connectivity index (χ2v) is 3.67. The Hall–Kier alpha value is -1.09. The van der Waals surface area contributed by atoms with Crippen LogP contribution in [0.25, 0.3) is 0 Å². The first kappa shape index (κ1) is 13.0. The summed E-state index contributed by atoms with van der Waals surface area (Å²) in [5, 5.41) is 0. The summed E-state index contributed by atoms with van der Waals surface area (Å²) in [5.41, 5.74) is 1.25. The number of aryl methyl sites for hydroxylation is 1. The molecule has 0 saturated heterocycles. The van der Waals surface area contributed by atoms with E-state index in [1.165, 1.54) is 5.56 Å².